The van der Waals surface area contributed by atoms with Crippen molar-refractivity contribution in [3.63, 3.8) is 0 Å². The van der Waals surface area contributed by atoms with Gasteiger partial charge in [0.25, 0.3) is 0 Å². The maximum absolute atomic E-state index is 9.11. The summed E-state index contributed by atoms with van der Waals surface area (Å²) in [5.74, 6) is 0. The van der Waals surface area contributed by atoms with E-state index >= 15 is 0 Å². The van der Waals surface area contributed by atoms with Crippen molar-refractivity contribution in [3.8, 4) is 6.07 Å². The van der Waals surface area contributed by atoms with Crippen LogP contribution in [0.1, 0.15) is 18.1 Å². The Morgan fingerprint density at radius 3 is 2.79 bits per heavy atom. The van der Waals surface area contributed by atoms with Crippen molar-refractivity contribution in [2.24, 2.45) is 5.73 Å². The third-order valence-corrected chi connectivity index (χ3v) is 2.73. The second-order valence-corrected chi connectivity index (χ2v) is 4.24. The lowest BCUT2D eigenvalue weighted by molar-refractivity contribution is 0.209. The lowest BCUT2D eigenvalue weighted by Crippen LogP contribution is -2.37. The summed E-state index contributed by atoms with van der Waals surface area (Å²) in [5.41, 5.74) is 6.32. The molecule has 74 valence electrons. The van der Waals surface area contributed by atoms with E-state index in [0.717, 1.165) is 10.0 Å². The standard InChI is InChI=1S/C10H11BrN2O/c1-10(13,6-14)8-4-7(5-12)2-3-9(8)11/h2-4,14H,6,13H2,1H3. The second-order valence-electron chi connectivity index (χ2n) is 3.38. The van der Waals surface area contributed by atoms with Crippen molar-refractivity contribution in [3.05, 3.63) is 33.8 Å². The fourth-order valence-electron chi connectivity index (χ4n) is 1.12. The average Bonchev–Trinajstić information content (AvgIpc) is 2.18. The average molecular weight is 255 g/mol. The number of aliphatic hydroxyl groups excluding tert-OH is 1. The van der Waals surface area contributed by atoms with E-state index in [0.29, 0.717) is 5.56 Å². The lowest BCUT2D eigenvalue weighted by Gasteiger charge is -2.23. The number of hydrogen-bond acceptors (Lipinski definition) is 3. The van der Waals surface area contributed by atoms with Crippen LogP contribution in [-0.4, -0.2) is 11.7 Å². The van der Waals surface area contributed by atoms with Gasteiger partial charge in [0.05, 0.1) is 23.8 Å². The van der Waals surface area contributed by atoms with Crippen molar-refractivity contribution in [2.75, 3.05) is 6.61 Å². The molecule has 1 atom stereocenters. The van der Waals surface area contributed by atoms with E-state index in [9.17, 15) is 0 Å². The molecule has 1 unspecified atom stereocenters. The highest BCUT2D eigenvalue weighted by Gasteiger charge is 2.22. The zero-order valence-electron chi connectivity index (χ0n) is 7.79. The molecule has 3 nitrogen and oxygen atoms in total. The van der Waals surface area contributed by atoms with Gasteiger partial charge in [0.15, 0.2) is 0 Å². The van der Waals surface area contributed by atoms with Gasteiger partial charge in [-0.3, -0.25) is 0 Å². The quantitative estimate of drug-likeness (QED) is 0.841. The van der Waals surface area contributed by atoms with Gasteiger partial charge < -0.3 is 10.8 Å². The van der Waals surface area contributed by atoms with Crippen LogP contribution < -0.4 is 5.73 Å². The Bertz CT molecular complexity index is 382. The van der Waals surface area contributed by atoms with E-state index in [2.05, 4.69) is 15.9 Å². The van der Waals surface area contributed by atoms with Gasteiger partial charge in [0, 0.05) is 4.47 Å². The van der Waals surface area contributed by atoms with Crippen LogP contribution in [0.4, 0.5) is 0 Å². The molecule has 0 radical (unpaired) electrons. The first kappa shape index (κ1) is 11.2. The second kappa shape index (κ2) is 4.09. The third-order valence-electron chi connectivity index (χ3n) is 2.04. The molecule has 0 aromatic heterocycles. The molecule has 0 amide bonds. The summed E-state index contributed by atoms with van der Waals surface area (Å²) in [6, 6.07) is 7.17. The van der Waals surface area contributed by atoms with E-state index in [4.69, 9.17) is 16.1 Å². The zero-order valence-corrected chi connectivity index (χ0v) is 9.37. The van der Waals surface area contributed by atoms with Crippen LogP contribution in [-0.2, 0) is 5.54 Å². The highest BCUT2D eigenvalue weighted by molar-refractivity contribution is 9.10. The zero-order chi connectivity index (χ0) is 10.8. The summed E-state index contributed by atoms with van der Waals surface area (Å²) in [4.78, 5) is 0. The number of rotatable bonds is 2. The number of nitrogens with two attached hydrogens (primary N) is 1. The van der Waals surface area contributed by atoms with Crippen LogP contribution in [0, 0.1) is 11.3 Å². The fraction of sp³-hybridized carbons (Fsp3) is 0.300. The van der Waals surface area contributed by atoms with Gasteiger partial charge >= 0.3 is 0 Å². The van der Waals surface area contributed by atoms with Crippen LogP contribution in [0.2, 0.25) is 0 Å². The molecule has 0 heterocycles. The molecule has 1 rings (SSSR count). The molecule has 0 saturated carbocycles. The summed E-state index contributed by atoms with van der Waals surface area (Å²) in [7, 11) is 0. The Labute approximate surface area is 91.3 Å². The van der Waals surface area contributed by atoms with E-state index < -0.39 is 5.54 Å². The number of benzene rings is 1. The van der Waals surface area contributed by atoms with Crippen LogP contribution in [0.15, 0.2) is 22.7 Å². The minimum absolute atomic E-state index is 0.166. The number of nitriles is 1. The molecule has 3 N–H and O–H groups in total. The summed E-state index contributed by atoms with van der Waals surface area (Å²) in [5, 5.41) is 17.8. The third kappa shape index (κ3) is 2.13. The molecule has 0 saturated heterocycles. The van der Waals surface area contributed by atoms with Gasteiger partial charge in [-0.1, -0.05) is 15.9 Å². The van der Waals surface area contributed by atoms with Crippen molar-refractivity contribution >= 4 is 15.9 Å². The van der Waals surface area contributed by atoms with Gasteiger partial charge in [0.2, 0.25) is 0 Å². The molecule has 0 aliphatic carbocycles. The highest BCUT2D eigenvalue weighted by atomic mass is 79.9. The lowest BCUT2D eigenvalue weighted by atomic mass is 9.93. The number of aliphatic hydroxyl groups is 1. The summed E-state index contributed by atoms with van der Waals surface area (Å²) < 4.78 is 0.801. The number of halogens is 1. The fourth-order valence-corrected chi connectivity index (χ4v) is 1.82. The smallest absolute Gasteiger partial charge is 0.0991 e. The molecule has 0 bridgehead atoms. The van der Waals surface area contributed by atoms with E-state index in [1.165, 1.54) is 0 Å². The molecule has 0 spiro atoms. The van der Waals surface area contributed by atoms with Gasteiger partial charge in [-0.15, -0.1) is 0 Å². The van der Waals surface area contributed by atoms with Crippen molar-refractivity contribution < 1.29 is 5.11 Å². The monoisotopic (exact) mass is 254 g/mol. The Kier molecular flexibility index (Phi) is 3.27. The highest BCUT2D eigenvalue weighted by Crippen LogP contribution is 2.27. The summed E-state index contributed by atoms with van der Waals surface area (Å²) >= 11 is 3.34. The molecule has 0 aliphatic rings. The van der Waals surface area contributed by atoms with E-state index in [1.54, 1.807) is 25.1 Å². The molecular weight excluding hydrogens is 244 g/mol. The Morgan fingerprint density at radius 2 is 2.29 bits per heavy atom. The predicted molar refractivity (Wildman–Crippen MR) is 57.5 cm³/mol. The maximum Gasteiger partial charge on any atom is 0.0991 e. The Hall–Kier alpha value is -0.890. The van der Waals surface area contributed by atoms with Crippen LogP contribution in [0.25, 0.3) is 0 Å². The minimum Gasteiger partial charge on any atom is -0.394 e. The van der Waals surface area contributed by atoms with Crippen LogP contribution in [0.5, 0.6) is 0 Å². The molecule has 0 aliphatic heterocycles. The normalized spacial score (nSPS) is 14.5. The molecule has 14 heavy (non-hydrogen) atoms. The maximum atomic E-state index is 9.11. The first-order valence-electron chi connectivity index (χ1n) is 4.11. The van der Waals surface area contributed by atoms with Gasteiger partial charge in [-0.05, 0) is 30.7 Å². The van der Waals surface area contributed by atoms with Gasteiger partial charge in [-0.25, -0.2) is 0 Å². The van der Waals surface area contributed by atoms with Crippen LogP contribution >= 0.6 is 15.9 Å². The predicted octanol–water partition coefficient (Wildman–Crippen LogP) is 1.49. The molecule has 1 aromatic rings. The molecular formula is C10H11BrN2O. The van der Waals surface area contributed by atoms with Crippen LogP contribution in [0.3, 0.4) is 0 Å². The van der Waals surface area contributed by atoms with Crippen molar-refractivity contribution in [1.82, 2.24) is 0 Å². The number of nitrogens with zero attached hydrogens (tertiary/aromatic N) is 1. The summed E-state index contributed by atoms with van der Waals surface area (Å²) in [6.45, 7) is 1.55. The SMILES string of the molecule is CC(N)(CO)c1cc(C#N)ccc1Br. The molecule has 4 heteroatoms. The van der Waals surface area contributed by atoms with Crippen molar-refractivity contribution in [1.29, 1.82) is 5.26 Å². The van der Waals surface area contributed by atoms with Crippen molar-refractivity contribution in [2.45, 2.75) is 12.5 Å². The first-order valence-corrected chi connectivity index (χ1v) is 4.90. The van der Waals surface area contributed by atoms with E-state index in [-0.39, 0.29) is 6.61 Å². The topological polar surface area (TPSA) is 70.0 Å². The molecule has 0 fully saturated rings. The van der Waals surface area contributed by atoms with Gasteiger partial charge in [0.1, 0.15) is 0 Å². The van der Waals surface area contributed by atoms with E-state index in [1.807, 2.05) is 6.07 Å². The minimum atomic E-state index is -0.828. The number of hydrogen-bond donors (Lipinski definition) is 2. The molecule has 1 aromatic carbocycles. The van der Waals surface area contributed by atoms with Gasteiger partial charge in [-0.2, -0.15) is 5.26 Å². The largest absolute Gasteiger partial charge is 0.394 e. The Morgan fingerprint density at radius 1 is 1.64 bits per heavy atom. The summed E-state index contributed by atoms with van der Waals surface area (Å²) in [6.07, 6.45) is 0. The first-order chi connectivity index (χ1) is 6.51. The Balaban J connectivity index is 3.27.